The zero-order chi connectivity index (χ0) is 10.1. The number of aliphatic hydroxyl groups is 1. The maximum atomic E-state index is 9.45. The van der Waals surface area contributed by atoms with Gasteiger partial charge in [-0.1, -0.05) is 0 Å². The molecule has 0 amide bonds. The monoisotopic (exact) mass is 201 g/mol. The molecule has 0 aliphatic carbocycles. The van der Waals surface area contributed by atoms with Gasteiger partial charge in [-0.25, -0.2) is 0 Å². The molecular formula is C10H19NO3. The van der Waals surface area contributed by atoms with Crippen LogP contribution < -0.4 is 5.73 Å². The van der Waals surface area contributed by atoms with Gasteiger partial charge in [0.1, 0.15) is 0 Å². The average Bonchev–Trinajstić information content (AvgIpc) is 2.24. The van der Waals surface area contributed by atoms with Crippen LogP contribution in [0.2, 0.25) is 0 Å². The lowest BCUT2D eigenvalue weighted by Crippen LogP contribution is -2.64. The van der Waals surface area contributed by atoms with E-state index in [0.29, 0.717) is 13.2 Å². The van der Waals surface area contributed by atoms with Gasteiger partial charge in [0.25, 0.3) is 0 Å². The van der Waals surface area contributed by atoms with Crippen LogP contribution >= 0.6 is 0 Å². The fourth-order valence-corrected chi connectivity index (χ4v) is 2.58. The van der Waals surface area contributed by atoms with Gasteiger partial charge in [0.15, 0.2) is 0 Å². The topological polar surface area (TPSA) is 64.7 Å². The van der Waals surface area contributed by atoms with Gasteiger partial charge in [0.05, 0.1) is 13.2 Å². The third kappa shape index (κ3) is 1.46. The van der Waals surface area contributed by atoms with Crippen LogP contribution in [-0.4, -0.2) is 43.7 Å². The Bertz CT molecular complexity index is 195. The van der Waals surface area contributed by atoms with Crippen molar-refractivity contribution in [2.24, 2.45) is 11.1 Å². The summed E-state index contributed by atoms with van der Waals surface area (Å²) in [5, 5.41) is 9.45. The highest BCUT2D eigenvalue weighted by molar-refractivity contribution is 5.05. The molecule has 0 aromatic heterocycles. The molecule has 2 heterocycles. The molecule has 0 aromatic carbocycles. The van der Waals surface area contributed by atoms with Gasteiger partial charge >= 0.3 is 0 Å². The van der Waals surface area contributed by atoms with Gasteiger partial charge in [-0.15, -0.1) is 0 Å². The molecule has 2 aliphatic rings. The summed E-state index contributed by atoms with van der Waals surface area (Å²) >= 11 is 0. The van der Waals surface area contributed by atoms with Crippen molar-refractivity contribution in [3.05, 3.63) is 0 Å². The van der Waals surface area contributed by atoms with Gasteiger partial charge in [-0.2, -0.15) is 0 Å². The van der Waals surface area contributed by atoms with E-state index < -0.39 is 5.54 Å². The molecule has 0 saturated carbocycles. The van der Waals surface area contributed by atoms with Gasteiger partial charge in [-0.05, 0) is 19.3 Å². The summed E-state index contributed by atoms with van der Waals surface area (Å²) in [6.45, 7) is 2.87. The molecule has 1 unspecified atom stereocenters. The first-order valence-electron chi connectivity index (χ1n) is 5.28. The molecule has 3 N–H and O–H groups in total. The molecule has 0 aromatic rings. The molecular weight excluding hydrogens is 182 g/mol. The zero-order valence-corrected chi connectivity index (χ0v) is 8.50. The number of ether oxygens (including phenoxy) is 2. The summed E-state index contributed by atoms with van der Waals surface area (Å²) < 4.78 is 10.9. The third-order valence-electron chi connectivity index (χ3n) is 3.86. The predicted octanol–water partition coefficient (Wildman–Crippen LogP) is -0.107. The Morgan fingerprint density at radius 2 is 1.71 bits per heavy atom. The van der Waals surface area contributed by atoms with E-state index in [9.17, 15) is 5.11 Å². The van der Waals surface area contributed by atoms with Crippen LogP contribution in [-0.2, 0) is 9.47 Å². The van der Waals surface area contributed by atoms with Crippen LogP contribution in [0.5, 0.6) is 0 Å². The summed E-state index contributed by atoms with van der Waals surface area (Å²) in [5.74, 6) is 0. The van der Waals surface area contributed by atoms with Crippen molar-refractivity contribution in [3.63, 3.8) is 0 Å². The van der Waals surface area contributed by atoms with E-state index in [-0.39, 0.29) is 12.0 Å². The van der Waals surface area contributed by atoms with E-state index >= 15 is 0 Å². The highest BCUT2D eigenvalue weighted by Gasteiger charge is 2.51. The number of hydrogen-bond acceptors (Lipinski definition) is 4. The smallest absolute Gasteiger partial charge is 0.0618 e. The molecule has 14 heavy (non-hydrogen) atoms. The van der Waals surface area contributed by atoms with Crippen molar-refractivity contribution in [1.82, 2.24) is 0 Å². The lowest BCUT2D eigenvalue weighted by atomic mass is 9.63. The second-order valence-corrected chi connectivity index (χ2v) is 4.51. The van der Waals surface area contributed by atoms with Crippen molar-refractivity contribution in [2.75, 3.05) is 33.0 Å². The SMILES string of the molecule is NC1(CO)CCOCC12CCOCC2. The molecule has 2 saturated heterocycles. The minimum Gasteiger partial charge on any atom is -0.394 e. The van der Waals surface area contributed by atoms with Crippen LogP contribution in [0, 0.1) is 5.41 Å². The molecule has 4 heteroatoms. The first kappa shape index (κ1) is 10.4. The van der Waals surface area contributed by atoms with Crippen molar-refractivity contribution in [3.8, 4) is 0 Å². The van der Waals surface area contributed by atoms with Crippen molar-refractivity contribution in [2.45, 2.75) is 24.8 Å². The summed E-state index contributed by atoms with van der Waals surface area (Å²) in [7, 11) is 0. The lowest BCUT2D eigenvalue weighted by molar-refractivity contribution is -0.131. The quantitative estimate of drug-likeness (QED) is 0.621. The molecule has 1 spiro atoms. The Kier molecular flexibility index (Phi) is 2.79. The summed E-state index contributed by atoms with van der Waals surface area (Å²) in [6, 6.07) is 0. The second kappa shape index (κ2) is 3.77. The second-order valence-electron chi connectivity index (χ2n) is 4.51. The molecule has 0 bridgehead atoms. The van der Waals surface area contributed by atoms with Crippen molar-refractivity contribution in [1.29, 1.82) is 0 Å². The van der Waals surface area contributed by atoms with E-state index in [2.05, 4.69) is 0 Å². The summed E-state index contributed by atoms with van der Waals surface area (Å²) in [4.78, 5) is 0. The van der Waals surface area contributed by atoms with E-state index in [0.717, 1.165) is 32.5 Å². The molecule has 2 rings (SSSR count). The molecule has 2 fully saturated rings. The van der Waals surface area contributed by atoms with E-state index in [1.165, 1.54) is 0 Å². The van der Waals surface area contributed by atoms with Crippen LogP contribution in [0.3, 0.4) is 0 Å². The average molecular weight is 201 g/mol. The van der Waals surface area contributed by atoms with Gasteiger partial charge in [0.2, 0.25) is 0 Å². The standard InChI is InChI=1S/C10H19NO3/c11-10(7-12)3-6-14-8-9(10)1-4-13-5-2-9/h12H,1-8,11H2. The van der Waals surface area contributed by atoms with E-state index in [1.807, 2.05) is 0 Å². The number of nitrogens with two attached hydrogens (primary N) is 1. The van der Waals surface area contributed by atoms with Crippen molar-refractivity contribution < 1.29 is 14.6 Å². The Labute approximate surface area is 84.4 Å². The largest absolute Gasteiger partial charge is 0.394 e. The number of hydrogen-bond donors (Lipinski definition) is 2. The zero-order valence-electron chi connectivity index (χ0n) is 8.50. The van der Waals surface area contributed by atoms with E-state index in [1.54, 1.807) is 0 Å². The Hall–Kier alpha value is -0.160. The number of rotatable bonds is 1. The van der Waals surface area contributed by atoms with E-state index in [4.69, 9.17) is 15.2 Å². The summed E-state index contributed by atoms with van der Waals surface area (Å²) in [6.07, 6.45) is 2.57. The van der Waals surface area contributed by atoms with Gasteiger partial charge < -0.3 is 20.3 Å². The molecule has 1 atom stereocenters. The summed E-state index contributed by atoms with van der Waals surface area (Å²) in [5.41, 5.74) is 5.76. The third-order valence-corrected chi connectivity index (χ3v) is 3.86. The molecule has 82 valence electrons. The van der Waals surface area contributed by atoms with Crippen LogP contribution in [0.15, 0.2) is 0 Å². The Morgan fingerprint density at radius 3 is 2.36 bits per heavy atom. The first-order valence-corrected chi connectivity index (χ1v) is 5.28. The minimum atomic E-state index is -0.463. The van der Waals surface area contributed by atoms with Crippen LogP contribution in [0.1, 0.15) is 19.3 Å². The maximum absolute atomic E-state index is 9.45. The normalized spacial score (nSPS) is 37.3. The predicted molar refractivity (Wildman–Crippen MR) is 51.9 cm³/mol. The molecule has 4 nitrogen and oxygen atoms in total. The minimum absolute atomic E-state index is 0.0519. The fourth-order valence-electron chi connectivity index (χ4n) is 2.58. The van der Waals surface area contributed by atoms with Gasteiger partial charge in [0, 0.05) is 30.8 Å². The maximum Gasteiger partial charge on any atom is 0.0618 e. The fraction of sp³-hybridized carbons (Fsp3) is 1.00. The van der Waals surface area contributed by atoms with Crippen LogP contribution in [0.25, 0.3) is 0 Å². The Balaban J connectivity index is 2.19. The molecule has 2 aliphatic heterocycles. The highest BCUT2D eigenvalue weighted by atomic mass is 16.5. The van der Waals surface area contributed by atoms with Crippen molar-refractivity contribution >= 4 is 0 Å². The van der Waals surface area contributed by atoms with Gasteiger partial charge in [-0.3, -0.25) is 0 Å². The first-order chi connectivity index (χ1) is 6.72. The number of aliphatic hydroxyl groups excluding tert-OH is 1. The Morgan fingerprint density at radius 1 is 1.07 bits per heavy atom. The van der Waals surface area contributed by atoms with Crippen LogP contribution in [0.4, 0.5) is 0 Å². The highest BCUT2D eigenvalue weighted by Crippen LogP contribution is 2.44. The molecule has 0 radical (unpaired) electrons. The lowest BCUT2D eigenvalue weighted by Gasteiger charge is -2.52.